The Morgan fingerprint density at radius 3 is 1.82 bits per heavy atom. The number of carbonyl (C=O) groups excluding carboxylic acids is 1. The Labute approximate surface area is 138 Å². The van der Waals surface area contributed by atoms with E-state index in [9.17, 15) is 4.79 Å². The van der Waals surface area contributed by atoms with E-state index < -0.39 is 0 Å². The van der Waals surface area contributed by atoms with E-state index in [4.69, 9.17) is 5.73 Å². The molecule has 0 aromatic rings. The van der Waals surface area contributed by atoms with Gasteiger partial charge in [-0.05, 0) is 19.3 Å². The zero-order valence-corrected chi connectivity index (χ0v) is 15.3. The number of allylic oxidation sites excluding steroid dienone is 1. The van der Waals surface area contributed by atoms with Crippen molar-refractivity contribution in [3.8, 4) is 0 Å². The minimum Gasteiger partial charge on any atom is -0.366 e. The molecule has 2 N–H and O–H groups in total. The number of primary amides is 1. The number of rotatable bonds is 15. The fourth-order valence-corrected chi connectivity index (χ4v) is 2.90. The van der Waals surface area contributed by atoms with Crippen molar-refractivity contribution in [2.24, 2.45) is 11.7 Å². The second-order valence-electron chi connectivity index (χ2n) is 6.76. The number of hydrogen-bond acceptors (Lipinski definition) is 1. The van der Waals surface area contributed by atoms with E-state index in [-0.39, 0.29) is 5.91 Å². The highest BCUT2D eigenvalue weighted by atomic mass is 16.1. The Morgan fingerprint density at radius 2 is 1.32 bits per heavy atom. The van der Waals surface area contributed by atoms with Crippen molar-refractivity contribution in [1.29, 1.82) is 0 Å². The summed E-state index contributed by atoms with van der Waals surface area (Å²) >= 11 is 0. The van der Waals surface area contributed by atoms with Crippen LogP contribution in [0.4, 0.5) is 0 Å². The van der Waals surface area contributed by atoms with Gasteiger partial charge in [0.15, 0.2) is 0 Å². The molecule has 0 saturated heterocycles. The molecule has 0 aromatic heterocycles. The molecular formula is C20H39NO. The zero-order chi connectivity index (χ0) is 16.6. The smallest absolute Gasteiger partial charge is 0.244 e. The summed E-state index contributed by atoms with van der Waals surface area (Å²) in [5.74, 6) is 0.460. The van der Waals surface area contributed by atoms with Gasteiger partial charge in [0.05, 0.1) is 0 Å². The average Bonchev–Trinajstić information content (AvgIpc) is 2.51. The third-order valence-corrected chi connectivity index (χ3v) is 4.58. The third kappa shape index (κ3) is 12.9. The number of unbranched alkanes of at least 4 members (excludes halogenated alkanes) is 8. The van der Waals surface area contributed by atoms with Gasteiger partial charge < -0.3 is 5.73 Å². The van der Waals surface area contributed by atoms with E-state index in [1.165, 1.54) is 77.0 Å². The van der Waals surface area contributed by atoms with E-state index in [1.807, 2.05) is 6.92 Å². The van der Waals surface area contributed by atoms with Crippen molar-refractivity contribution in [1.82, 2.24) is 0 Å². The minimum atomic E-state index is -0.274. The molecule has 2 heteroatoms. The lowest BCUT2D eigenvalue weighted by Crippen LogP contribution is -2.12. The van der Waals surface area contributed by atoms with Crippen molar-refractivity contribution in [3.63, 3.8) is 0 Å². The summed E-state index contributed by atoms with van der Waals surface area (Å²) in [7, 11) is 0. The van der Waals surface area contributed by atoms with Gasteiger partial charge in [0.2, 0.25) is 5.91 Å². The Bertz CT molecular complexity index is 296. The Kier molecular flexibility index (Phi) is 14.6. The van der Waals surface area contributed by atoms with Crippen LogP contribution in [0.2, 0.25) is 0 Å². The van der Waals surface area contributed by atoms with Gasteiger partial charge in [-0.2, -0.15) is 0 Å². The van der Waals surface area contributed by atoms with Gasteiger partial charge >= 0.3 is 0 Å². The Balaban J connectivity index is 4.04. The highest BCUT2D eigenvalue weighted by Crippen LogP contribution is 2.22. The molecule has 1 unspecified atom stereocenters. The van der Waals surface area contributed by atoms with Gasteiger partial charge in [0.1, 0.15) is 0 Å². The van der Waals surface area contributed by atoms with E-state index in [1.54, 1.807) is 0 Å². The first-order valence-corrected chi connectivity index (χ1v) is 9.58. The van der Waals surface area contributed by atoms with E-state index in [0.29, 0.717) is 0 Å². The summed E-state index contributed by atoms with van der Waals surface area (Å²) in [6.45, 7) is 6.35. The maximum Gasteiger partial charge on any atom is 0.244 e. The molecule has 1 atom stereocenters. The van der Waals surface area contributed by atoms with Gasteiger partial charge in [-0.25, -0.2) is 0 Å². The van der Waals surface area contributed by atoms with E-state index in [2.05, 4.69) is 19.9 Å². The molecule has 22 heavy (non-hydrogen) atoms. The first-order valence-electron chi connectivity index (χ1n) is 9.58. The summed E-state index contributed by atoms with van der Waals surface area (Å²) in [5, 5.41) is 0. The quantitative estimate of drug-likeness (QED) is 0.286. The topological polar surface area (TPSA) is 43.1 Å². The lowest BCUT2D eigenvalue weighted by atomic mass is 9.91. The first-order chi connectivity index (χ1) is 10.6. The normalized spacial score (nSPS) is 13.3. The average molecular weight is 310 g/mol. The molecule has 0 radical (unpaired) electrons. The minimum absolute atomic E-state index is 0.274. The van der Waals surface area contributed by atoms with Crippen molar-refractivity contribution >= 4 is 5.91 Å². The van der Waals surface area contributed by atoms with Gasteiger partial charge in [-0.1, -0.05) is 97.0 Å². The van der Waals surface area contributed by atoms with Crippen LogP contribution in [0.1, 0.15) is 104 Å². The molecule has 0 heterocycles. The maximum atomic E-state index is 11.1. The predicted molar refractivity (Wildman–Crippen MR) is 97.8 cm³/mol. The van der Waals surface area contributed by atoms with Crippen LogP contribution in [-0.2, 0) is 4.79 Å². The summed E-state index contributed by atoms with van der Waals surface area (Å²) < 4.78 is 0. The highest BCUT2D eigenvalue weighted by molar-refractivity contribution is 5.91. The molecule has 0 aliphatic carbocycles. The lowest BCUT2D eigenvalue weighted by molar-refractivity contribution is -0.114. The predicted octanol–water partition coefficient (Wildman–Crippen LogP) is 6.15. The van der Waals surface area contributed by atoms with Crippen LogP contribution in [0, 0.1) is 5.92 Å². The summed E-state index contributed by atoms with van der Waals surface area (Å²) in [6, 6.07) is 0. The summed E-state index contributed by atoms with van der Waals surface area (Å²) in [5.41, 5.74) is 6.05. The van der Waals surface area contributed by atoms with E-state index >= 15 is 0 Å². The molecule has 0 bridgehead atoms. The first kappa shape index (κ1) is 21.2. The molecule has 0 aliphatic rings. The molecule has 0 rings (SSSR count). The van der Waals surface area contributed by atoms with Gasteiger partial charge in [0, 0.05) is 5.57 Å². The van der Waals surface area contributed by atoms with Crippen LogP contribution < -0.4 is 5.73 Å². The number of nitrogens with two attached hydrogens (primary N) is 1. The number of carbonyl (C=O) groups is 1. The Morgan fingerprint density at radius 1 is 0.864 bits per heavy atom. The molecular weight excluding hydrogens is 270 g/mol. The molecule has 0 fully saturated rings. The molecule has 0 aromatic carbocycles. The molecule has 2 nitrogen and oxygen atoms in total. The van der Waals surface area contributed by atoms with Crippen molar-refractivity contribution in [3.05, 3.63) is 11.6 Å². The van der Waals surface area contributed by atoms with Crippen LogP contribution >= 0.6 is 0 Å². The molecule has 0 spiro atoms. The van der Waals surface area contributed by atoms with Crippen LogP contribution in [0.25, 0.3) is 0 Å². The van der Waals surface area contributed by atoms with Crippen molar-refractivity contribution in [2.75, 3.05) is 0 Å². The van der Waals surface area contributed by atoms with E-state index in [0.717, 1.165) is 17.9 Å². The summed E-state index contributed by atoms with van der Waals surface area (Å²) in [4.78, 5) is 11.1. The third-order valence-electron chi connectivity index (χ3n) is 4.58. The highest BCUT2D eigenvalue weighted by Gasteiger charge is 2.08. The largest absolute Gasteiger partial charge is 0.366 e. The van der Waals surface area contributed by atoms with Gasteiger partial charge in [0.25, 0.3) is 0 Å². The molecule has 0 aliphatic heterocycles. The molecule has 1 amide bonds. The van der Waals surface area contributed by atoms with Crippen LogP contribution in [0.5, 0.6) is 0 Å². The maximum absolute atomic E-state index is 11.1. The number of amides is 1. The standard InChI is InChI=1S/C20H39NO/c1-4-6-8-10-11-13-15-19(14-12-9-7-5-2)17-16-18(3)20(21)22/h16,19H,4-15,17H2,1-3H3,(H2,21,22). The molecule has 130 valence electrons. The zero-order valence-electron chi connectivity index (χ0n) is 15.3. The second-order valence-corrected chi connectivity index (χ2v) is 6.76. The van der Waals surface area contributed by atoms with Crippen LogP contribution in [0.3, 0.4) is 0 Å². The SMILES string of the molecule is CCCCCCCCC(CC=C(C)C(N)=O)CCCCCC. The lowest BCUT2D eigenvalue weighted by Gasteiger charge is -2.15. The molecule has 0 saturated carbocycles. The second kappa shape index (κ2) is 15.1. The van der Waals surface area contributed by atoms with Crippen molar-refractivity contribution in [2.45, 2.75) is 104 Å². The van der Waals surface area contributed by atoms with Gasteiger partial charge in [-0.3, -0.25) is 4.79 Å². The monoisotopic (exact) mass is 309 g/mol. The van der Waals surface area contributed by atoms with Gasteiger partial charge in [-0.15, -0.1) is 0 Å². The summed E-state index contributed by atoms with van der Waals surface area (Å²) in [6.07, 6.45) is 19.2. The Hall–Kier alpha value is -0.790. The van der Waals surface area contributed by atoms with Crippen LogP contribution in [-0.4, -0.2) is 5.91 Å². The fourth-order valence-electron chi connectivity index (χ4n) is 2.90. The number of hydrogen-bond donors (Lipinski definition) is 1. The van der Waals surface area contributed by atoms with Crippen LogP contribution in [0.15, 0.2) is 11.6 Å². The fraction of sp³-hybridized carbons (Fsp3) is 0.850. The van der Waals surface area contributed by atoms with Crippen molar-refractivity contribution < 1.29 is 4.79 Å².